The quantitative estimate of drug-likeness (QED) is 0.379. The van der Waals surface area contributed by atoms with E-state index in [1.54, 1.807) is 0 Å². The monoisotopic (exact) mass is 433 g/mol. The van der Waals surface area contributed by atoms with E-state index < -0.39 is 0 Å². The van der Waals surface area contributed by atoms with Crippen LogP contribution >= 0.6 is 11.8 Å². The number of hydrogen-bond acceptors (Lipinski definition) is 6. The van der Waals surface area contributed by atoms with Gasteiger partial charge in [-0.05, 0) is 68.5 Å². The Morgan fingerprint density at radius 2 is 1.90 bits per heavy atom. The number of para-hydroxylation sites is 1. The summed E-state index contributed by atoms with van der Waals surface area (Å²) in [5, 5.41) is 9.83. The van der Waals surface area contributed by atoms with Crippen LogP contribution in [0, 0.1) is 0 Å². The lowest BCUT2D eigenvalue weighted by Crippen LogP contribution is -2.18. The largest absolute Gasteiger partial charge is 0.494 e. The highest BCUT2D eigenvalue weighted by atomic mass is 32.2. The Bertz CT molecular complexity index is 1230. The zero-order chi connectivity index (χ0) is 21.2. The van der Waals surface area contributed by atoms with Gasteiger partial charge in [0.1, 0.15) is 5.75 Å². The highest BCUT2D eigenvalue weighted by Gasteiger charge is 2.23. The van der Waals surface area contributed by atoms with E-state index in [-0.39, 0.29) is 11.7 Å². The molecule has 0 atom stereocenters. The molecule has 1 aliphatic carbocycles. The fourth-order valence-electron chi connectivity index (χ4n) is 4.21. The molecule has 31 heavy (non-hydrogen) atoms. The molecule has 0 N–H and O–H groups in total. The molecule has 2 heterocycles. The molecule has 1 aliphatic rings. The average Bonchev–Trinajstić information content (AvgIpc) is 3.41. The van der Waals surface area contributed by atoms with Crippen LogP contribution in [0.2, 0.25) is 0 Å². The number of carbonyl (C=O) groups excluding carboxylic acids is 1. The van der Waals surface area contributed by atoms with E-state index in [4.69, 9.17) is 9.15 Å². The Labute approximate surface area is 184 Å². The van der Waals surface area contributed by atoms with Crippen LogP contribution < -0.4 is 4.74 Å². The van der Waals surface area contributed by atoms with Crippen molar-refractivity contribution >= 4 is 28.6 Å². The van der Waals surface area contributed by atoms with Crippen LogP contribution in [0.1, 0.15) is 35.8 Å². The van der Waals surface area contributed by atoms with Crippen LogP contribution in [0.25, 0.3) is 22.4 Å². The lowest BCUT2D eigenvalue weighted by molar-refractivity contribution is 0.0943. The number of fused-ring (bicyclic) bond motifs is 3. The van der Waals surface area contributed by atoms with Crippen LogP contribution in [0.5, 0.6) is 5.75 Å². The molecule has 6 nitrogen and oxygen atoms in total. The van der Waals surface area contributed by atoms with Crippen molar-refractivity contribution in [2.75, 3.05) is 12.4 Å². The van der Waals surface area contributed by atoms with Gasteiger partial charge in [0, 0.05) is 16.6 Å². The summed E-state index contributed by atoms with van der Waals surface area (Å²) >= 11 is 1.28. The Kier molecular flexibility index (Phi) is 5.51. The fourth-order valence-corrected chi connectivity index (χ4v) is 4.83. The minimum absolute atomic E-state index is 0.0465. The molecule has 0 amide bonds. The number of aryl methyl sites for hydroxylation is 1. The van der Waals surface area contributed by atoms with Crippen molar-refractivity contribution in [3.05, 3.63) is 59.8 Å². The zero-order valence-electron chi connectivity index (χ0n) is 17.3. The average molecular weight is 434 g/mol. The topological polar surface area (TPSA) is 70.2 Å². The van der Waals surface area contributed by atoms with Crippen molar-refractivity contribution in [3.8, 4) is 17.2 Å². The lowest BCUT2D eigenvalue weighted by Gasteiger charge is -2.14. The summed E-state index contributed by atoms with van der Waals surface area (Å²) in [6, 6.07) is 15.7. The Morgan fingerprint density at radius 3 is 2.74 bits per heavy atom. The molecule has 158 valence electrons. The molecule has 0 saturated carbocycles. The smallest absolute Gasteiger partial charge is 0.277 e. The summed E-state index contributed by atoms with van der Waals surface area (Å²) < 4.78 is 13.1. The third-order valence-electron chi connectivity index (χ3n) is 5.57. The molecular formula is C24H23N3O3S. The van der Waals surface area contributed by atoms with Crippen molar-refractivity contribution < 1.29 is 13.9 Å². The molecule has 0 fully saturated rings. The van der Waals surface area contributed by atoms with Gasteiger partial charge in [-0.25, -0.2) is 0 Å². The number of benzene rings is 2. The van der Waals surface area contributed by atoms with Gasteiger partial charge in [-0.15, -0.1) is 10.2 Å². The van der Waals surface area contributed by atoms with E-state index in [2.05, 4.69) is 16.3 Å². The molecule has 0 spiro atoms. The summed E-state index contributed by atoms with van der Waals surface area (Å²) in [5.74, 6) is 1.52. The number of aromatic nitrogens is 3. The molecule has 2 aromatic carbocycles. The standard InChI is InChI=1S/C24H23N3O3S/c1-2-29-17-13-11-16(12-14-17)23-25-26-24(30-23)31-15-22(28)27-20-9-5-3-7-18(20)19-8-4-6-10-21(19)27/h3,5,7,9,11-14H,2,4,6,8,10,15H2,1H3. The second kappa shape index (κ2) is 8.59. The lowest BCUT2D eigenvalue weighted by atomic mass is 9.96. The van der Waals surface area contributed by atoms with Crippen LogP contribution in [-0.2, 0) is 12.8 Å². The van der Waals surface area contributed by atoms with Crippen molar-refractivity contribution in [2.45, 2.75) is 37.8 Å². The number of rotatable bonds is 6. The van der Waals surface area contributed by atoms with Gasteiger partial charge < -0.3 is 9.15 Å². The van der Waals surface area contributed by atoms with E-state index >= 15 is 0 Å². The van der Waals surface area contributed by atoms with E-state index in [0.29, 0.717) is 17.7 Å². The minimum atomic E-state index is 0.0465. The van der Waals surface area contributed by atoms with Gasteiger partial charge in [-0.3, -0.25) is 9.36 Å². The molecule has 2 aromatic heterocycles. The van der Waals surface area contributed by atoms with Crippen molar-refractivity contribution in [2.24, 2.45) is 0 Å². The molecule has 0 saturated heterocycles. The molecule has 0 aliphatic heterocycles. The maximum Gasteiger partial charge on any atom is 0.277 e. The third-order valence-corrected chi connectivity index (χ3v) is 6.37. The van der Waals surface area contributed by atoms with E-state index in [1.165, 1.54) is 34.8 Å². The first kappa shape index (κ1) is 19.9. The second-order valence-electron chi connectivity index (χ2n) is 7.50. The highest BCUT2D eigenvalue weighted by molar-refractivity contribution is 7.99. The molecule has 0 unspecified atom stereocenters. The van der Waals surface area contributed by atoms with E-state index in [9.17, 15) is 4.79 Å². The maximum atomic E-state index is 13.2. The Morgan fingerprint density at radius 1 is 1.10 bits per heavy atom. The number of hydrogen-bond donors (Lipinski definition) is 0. The van der Waals surface area contributed by atoms with Gasteiger partial charge >= 0.3 is 0 Å². The summed E-state index contributed by atoms with van der Waals surface area (Å²) in [6.07, 6.45) is 4.29. The Balaban J connectivity index is 1.33. The maximum absolute atomic E-state index is 13.2. The van der Waals surface area contributed by atoms with Gasteiger partial charge in [-0.2, -0.15) is 0 Å². The second-order valence-corrected chi connectivity index (χ2v) is 8.42. The van der Waals surface area contributed by atoms with Gasteiger partial charge in [0.15, 0.2) is 0 Å². The molecule has 4 aromatic rings. The summed E-state index contributed by atoms with van der Waals surface area (Å²) in [6.45, 7) is 2.57. The molecule has 0 radical (unpaired) electrons. The first-order valence-electron chi connectivity index (χ1n) is 10.6. The summed E-state index contributed by atoms with van der Waals surface area (Å²) in [4.78, 5) is 13.2. The fraction of sp³-hybridized carbons (Fsp3) is 0.292. The van der Waals surface area contributed by atoms with E-state index in [0.717, 1.165) is 36.1 Å². The van der Waals surface area contributed by atoms with Crippen LogP contribution in [-0.4, -0.2) is 33.0 Å². The first-order valence-corrected chi connectivity index (χ1v) is 11.6. The predicted octanol–water partition coefficient (Wildman–Crippen LogP) is 5.40. The zero-order valence-corrected chi connectivity index (χ0v) is 18.2. The van der Waals surface area contributed by atoms with Gasteiger partial charge in [-0.1, -0.05) is 30.0 Å². The van der Waals surface area contributed by atoms with Crippen molar-refractivity contribution in [1.29, 1.82) is 0 Å². The van der Waals surface area contributed by atoms with Crippen molar-refractivity contribution in [1.82, 2.24) is 14.8 Å². The van der Waals surface area contributed by atoms with Crippen LogP contribution in [0.4, 0.5) is 0 Å². The molecular weight excluding hydrogens is 410 g/mol. The molecule has 0 bridgehead atoms. The predicted molar refractivity (Wildman–Crippen MR) is 121 cm³/mol. The van der Waals surface area contributed by atoms with E-state index in [1.807, 2.05) is 54.0 Å². The van der Waals surface area contributed by atoms with Gasteiger partial charge in [0.25, 0.3) is 5.22 Å². The normalized spacial score (nSPS) is 13.3. The number of ether oxygens (including phenoxy) is 1. The third kappa shape index (κ3) is 3.85. The minimum Gasteiger partial charge on any atom is -0.494 e. The van der Waals surface area contributed by atoms with Crippen LogP contribution in [0.3, 0.4) is 0 Å². The summed E-state index contributed by atoms with van der Waals surface area (Å²) in [7, 11) is 0. The summed E-state index contributed by atoms with van der Waals surface area (Å²) in [5.41, 5.74) is 4.31. The molecule has 5 rings (SSSR count). The molecule has 7 heteroatoms. The van der Waals surface area contributed by atoms with Crippen LogP contribution in [0.15, 0.2) is 58.2 Å². The highest BCUT2D eigenvalue weighted by Crippen LogP contribution is 2.33. The number of thioether (sulfide) groups is 1. The SMILES string of the molecule is CCOc1ccc(-c2nnc(SCC(=O)n3c4c(c5ccccc53)CCCC4)o2)cc1. The number of carbonyl (C=O) groups is 1. The van der Waals surface area contributed by atoms with Crippen molar-refractivity contribution in [3.63, 3.8) is 0 Å². The first-order chi connectivity index (χ1) is 15.2. The van der Waals surface area contributed by atoms with Gasteiger partial charge in [0.05, 0.1) is 17.9 Å². The Hall–Kier alpha value is -3.06. The van der Waals surface area contributed by atoms with Gasteiger partial charge in [0.2, 0.25) is 11.8 Å². The number of nitrogens with zero attached hydrogens (tertiary/aromatic N) is 3.